The van der Waals surface area contributed by atoms with Gasteiger partial charge in [0, 0.05) is 5.88 Å². The number of hydrogen-bond donors (Lipinski definition) is 0. The molecule has 0 radical (unpaired) electrons. The van der Waals surface area contributed by atoms with Gasteiger partial charge < -0.3 is 4.74 Å². The lowest BCUT2D eigenvalue weighted by atomic mass is 9.76. The van der Waals surface area contributed by atoms with E-state index in [1.807, 2.05) is 6.07 Å². The quantitative estimate of drug-likeness (QED) is 0.706. The van der Waals surface area contributed by atoms with Gasteiger partial charge in [-0.25, -0.2) is 0 Å². The van der Waals surface area contributed by atoms with Crippen LogP contribution in [0.15, 0.2) is 18.2 Å². The summed E-state index contributed by atoms with van der Waals surface area (Å²) in [7, 11) is 1.72. The molecule has 0 aliphatic carbocycles. The summed E-state index contributed by atoms with van der Waals surface area (Å²) in [5.41, 5.74) is 2.63. The Labute approximate surface area is 110 Å². The van der Waals surface area contributed by atoms with Crippen molar-refractivity contribution in [3.05, 3.63) is 29.3 Å². The van der Waals surface area contributed by atoms with Crippen molar-refractivity contribution in [1.29, 1.82) is 0 Å². The van der Waals surface area contributed by atoms with Crippen LogP contribution < -0.4 is 4.74 Å². The minimum Gasteiger partial charge on any atom is -0.496 e. The van der Waals surface area contributed by atoms with E-state index in [4.69, 9.17) is 16.3 Å². The van der Waals surface area contributed by atoms with Crippen LogP contribution in [0.1, 0.15) is 31.9 Å². The topological polar surface area (TPSA) is 9.23 Å². The van der Waals surface area contributed by atoms with Gasteiger partial charge in [-0.05, 0) is 36.3 Å². The predicted molar refractivity (Wildman–Crippen MR) is 75.1 cm³/mol. The highest BCUT2D eigenvalue weighted by molar-refractivity contribution is 6.18. The Hall–Kier alpha value is -0.690. The molecule has 17 heavy (non-hydrogen) atoms. The molecule has 96 valence electrons. The fraction of sp³-hybridized carbons (Fsp3) is 0.600. The van der Waals surface area contributed by atoms with Crippen molar-refractivity contribution in [3.8, 4) is 5.75 Å². The average molecular weight is 255 g/mol. The number of halogens is 1. The van der Waals surface area contributed by atoms with E-state index in [-0.39, 0.29) is 5.41 Å². The molecule has 0 saturated heterocycles. The number of benzene rings is 1. The second kappa shape index (κ2) is 5.77. The van der Waals surface area contributed by atoms with E-state index in [1.165, 1.54) is 11.1 Å². The lowest BCUT2D eigenvalue weighted by Crippen LogP contribution is -2.28. The maximum Gasteiger partial charge on any atom is 0.122 e. The molecule has 0 fully saturated rings. The van der Waals surface area contributed by atoms with Crippen LogP contribution >= 0.6 is 11.6 Å². The summed E-state index contributed by atoms with van der Waals surface area (Å²) in [6.45, 7) is 8.80. The van der Waals surface area contributed by atoms with Gasteiger partial charge in [-0.3, -0.25) is 0 Å². The number of aryl methyl sites for hydroxylation is 1. The van der Waals surface area contributed by atoms with Gasteiger partial charge in [0.2, 0.25) is 0 Å². The monoisotopic (exact) mass is 254 g/mol. The van der Waals surface area contributed by atoms with Crippen LogP contribution in [0.2, 0.25) is 0 Å². The second-order valence-corrected chi connectivity index (χ2v) is 5.70. The van der Waals surface area contributed by atoms with E-state index in [0.29, 0.717) is 11.8 Å². The molecule has 1 atom stereocenters. The van der Waals surface area contributed by atoms with Gasteiger partial charge in [0.15, 0.2) is 0 Å². The molecule has 1 aromatic carbocycles. The molecule has 1 unspecified atom stereocenters. The van der Waals surface area contributed by atoms with E-state index >= 15 is 0 Å². The fourth-order valence-electron chi connectivity index (χ4n) is 1.89. The maximum absolute atomic E-state index is 6.15. The van der Waals surface area contributed by atoms with E-state index in [9.17, 15) is 0 Å². The van der Waals surface area contributed by atoms with Crippen LogP contribution in [0.4, 0.5) is 0 Å². The summed E-state index contributed by atoms with van der Waals surface area (Å²) in [4.78, 5) is 0. The molecular weight excluding hydrogens is 232 g/mol. The van der Waals surface area contributed by atoms with Crippen molar-refractivity contribution < 1.29 is 4.74 Å². The van der Waals surface area contributed by atoms with E-state index in [1.54, 1.807) is 7.11 Å². The third kappa shape index (κ3) is 3.38. The summed E-state index contributed by atoms with van der Waals surface area (Å²) >= 11 is 6.15. The summed E-state index contributed by atoms with van der Waals surface area (Å²) in [5, 5.41) is 0. The van der Waals surface area contributed by atoms with Gasteiger partial charge in [0.1, 0.15) is 5.75 Å². The molecule has 0 aliphatic heterocycles. The first-order chi connectivity index (χ1) is 7.92. The van der Waals surface area contributed by atoms with Gasteiger partial charge >= 0.3 is 0 Å². The molecule has 1 rings (SSSR count). The maximum atomic E-state index is 6.15. The normalized spacial score (nSPS) is 14.8. The standard InChI is InChI=1S/C15H23ClO/c1-11(2)15(4,10-16)9-13-8-12(3)6-7-14(13)17-5/h6-8,11H,9-10H2,1-5H3. The third-order valence-corrected chi connectivity index (χ3v) is 4.34. The molecule has 0 aromatic heterocycles. The first kappa shape index (κ1) is 14.4. The minimum absolute atomic E-state index is 0.114. The summed E-state index contributed by atoms with van der Waals surface area (Å²) in [6, 6.07) is 6.32. The van der Waals surface area contributed by atoms with Gasteiger partial charge in [0.25, 0.3) is 0 Å². The van der Waals surface area contributed by atoms with Crippen molar-refractivity contribution in [2.75, 3.05) is 13.0 Å². The van der Waals surface area contributed by atoms with Crippen LogP contribution in [0.5, 0.6) is 5.75 Å². The molecule has 1 nitrogen and oxygen atoms in total. The second-order valence-electron chi connectivity index (χ2n) is 5.43. The molecule has 1 aromatic rings. The molecule has 0 heterocycles. The molecule has 0 amide bonds. The van der Waals surface area contributed by atoms with Crippen LogP contribution in [-0.4, -0.2) is 13.0 Å². The van der Waals surface area contributed by atoms with Gasteiger partial charge in [-0.1, -0.05) is 38.5 Å². The average Bonchev–Trinajstić information content (AvgIpc) is 2.29. The smallest absolute Gasteiger partial charge is 0.122 e. The molecule has 0 saturated carbocycles. The Morgan fingerprint density at radius 1 is 1.35 bits per heavy atom. The Morgan fingerprint density at radius 3 is 2.47 bits per heavy atom. The molecule has 0 spiro atoms. The molecule has 2 heteroatoms. The lowest BCUT2D eigenvalue weighted by Gasteiger charge is -2.32. The number of rotatable bonds is 5. The van der Waals surface area contributed by atoms with Gasteiger partial charge in [0.05, 0.1) is 7.11 Å². The molecule has 0 N–H and O–H groups in total. The van der Waals surface area contributed by atoms with E-state index in [0.717, 1.165) is 12.2 Å². The summed E-state index contributed by atoms with van der Waals surface area (Å²) in [6.07, 6.45) is 0.957. The summed E-state index contributed by atoms with van der Waals surface area (Å²) < 4.78 is 5.43. The predicted octanol–water partition coefficient (Wildman–Crippen LogP) is 4.45. The molecule has 0 aliphatic rings. The Balaban J connectivity index is 3.04. The zero-order chi connectivity index (χ0) is 13.1. The van der Waals surface area contributed by atoms with E-state index < -0.39 is 0 Å². The van der Waals surface area contributed by atoms with Gasteiger partial charge in [-0.15, -0.1) is 11.6 Å². The highest BCUT2D eigenvalue weighted by Crippen LogP contribution is 2.35. The Bertz CT molecular complexity index is 373. The minimum atomic E-state index is 0.114. The highest BCUT2D eigenvalue weighted by atomic mass is 35.5. The first-order valence-corrected chi connectivity index (χ1v) is 6.66. The van der Waals surface area contributed by atoms with Crippen molar-refractivity contribution in [2.24, 2.45) is 11.3 Å². The van der Waals surface area contributed by atoms with Crippen LogP contribution in [0, 0.1) is 18.3 Å². The number of hydrogen-bond acceptors (Lipinski definition) is 1. The molecule has 0 bridgehead atoms. The highest BCUT2D eigenvalue weighted by Gasteiger charge is 2.28. The largest absolute Gasteiger partial charge is 0.496 e. The molecular formula is C15H23ClO. The number of alkyl halides is 1. The third-order valence-electron chi connectivity index (χ3n) is 3.73. The van der Waals surface area contributed by atoms with Gasteiger partial charge in [-0.2, -0.15) is 0 Å². The summed E-state index contributed by atoms with van der Waals surface area (Å²) in [5.74, 6) is 2.18. The first-order valence-electron chi connectivity index (χ1n) is 6.12. The van der Waals surface area contributed by atoms with Crippen LogP contribution in [0.25, 0.3) is 0 Å². The van der Waals surface area contributed by atoms with Crippen LogP contribution in [0.3, 0.4) is 0 Å². The number of ether oxygens (including phenoxy) is 1. The lowest BCUT2D eigenvalue weighted by molar-refractivity contribution is 0.250. The fourth-order valence-corrected chi connectivity index (χ4v) is 2.29. The van der Waals surface area contributed by atoms with Crippen molar-refractivity contribution >= 4 is 11.6 Å². The van der Waals surface area contributed by atoms with E-state index in [2.05, 4.69) is 39.8 Å². The number of methoxy groups -OCH3 is 1. The van der Waals surface area contributed by atoms with Crippen molar-refractivity contribution in [1.82, 2.24) is 0 Å². The van der Waals surface area contributed by atoms with Crippen molar-refractivity contribution in [2.45, 2.75) is 34.1 Å². The van der Waals surface area contributed by atoms with Crippen molar-refractivity contribution in [3.63, 3.8) is 0 Å². The Kier molecular flexibility index (Phi) is 4.88. The van der Waals surface area contributed by atoms with Crippen LogP contribution in [-0.2, 0) is 6.42 Å². The Morgan fingerprint density at radius 2 is 2.00 bits per heavy atom. The SMILES string of the molecule is COc1ccc(C)cc1CC(C)(CCl)C(C)C. The zero-order valence-corrected chi connectivity index (χ0v) is 12.3. The zero-order valence-electron chi connectivity index (χ0n) is 11.5.